The summed E-state index contributed by atoms with van der Waals surface area (Å²) in [5.74, 6) is -1.01. The summed E-state index contributed by atoms with van der Waals surface area (Å²) in [4.78, 5) is 22.8. The van der Waals surface area contributed by atoms with Gasteiger partial charge in [0.15, 0.2) is 0 Å². The molecule has 0 bridgehead atoms. The van der Waals surface area contributed by atoms with Crippen molar-refractivity contribution in [3.63, 3.8) is 0 Å². The zero-order valence-electron chi connectivity index (χ0n) is 10.9. The third-order valence-electron chi connectivity index (χ3n) is 2.65. The molecule has 8 heteroatoms. The Morgan fingerprint density at radius 1 is 1.33 bits per heavy atom. The highest BCUT2D eigenvalue weighted by atomic mass is 35.5. The van der Waals surface area contributed by atoms with Crippen LogP contribution < -0.4 is 5.32 Å². The Bertz CT molecular complexity index is 685. The van der Waals surface area contributed by atoms with Crippen LogP contribution in [0, 0.1) is 0 Å². The minimum atomic E-state index is -0.538. The van der Waals surface area contributed by atoms with Crippen molar-refractivity contribution in [2.75, 3.05) is 13.7 Å². The number of halogens is 2. The number of benzene rings is 1. The van der Waals surface area contributed by atoms with Crippen LogP contribution in [0.15, 0.2) is 24.3 Å². The monoisotopic (exact) mass is 327 g/mol. The second-order valence-electron chi connectivity index (χ2n) is 4.05. The van der Waals surface area contributed by atoms with E-state index in [4.69, 9.17) is 23.2 Å². The molecule has 2 N–H and O–H groups in total. The fraction of sp³-hybridized carbons (Fsp3) is 0.154. The summed E-state index contributed by atoms with van der Waals surface area (Å²) in [5.41, 5.74) is 1.35. The average Bonchev–Trinajstić information content (AvgIpc) is 2.93. The molecule has 21 heavy (non-hydrogen) atoms. The molecule has 1 amide bonds. The molecule has 0 spiro atoms. The minimum Gasteiger partial charge on any atom is -0.468 e. The molecular formula is C13H11Cl2N3O3. The molecule has 1 heterocycles. The van der Waals surface area contributed by atoms with Crippen LogP contribution in [0.1, 0.15) is 10.5 Å². The molecular weight excluding hydrogens is 317 g/mol. The zero-order chi connectivity index (χ0) is 15.4. The van der Waals surface area contributed by atoms with Crippen molar-refractivity contribution in [2.45, 2.75) is 0 Å². The van der Waals surface area contributed by atoms with Gasteiger partial charge >= 0.3 is 5.97 Å². The molecule has 0 aliphatic heterocycles. The standard InChI is InChI=1S/C13H11Cl2N3O3/c1-21-12(19)6-16-13(20)11-5-10(17-18-11)8-3-2-7(14)4-9(8)15/h2-5H,6H2,1H3,(H,16,20)(H,17,18). The molecule has 110 valence electrons. The number of amides is 1. The smallest absolute Gasteiger partial charge is 0.325 e. The lowest BCUT2D eigenvalue weighted by atomic mass is 10.1. The molecule has 1 aromatic carbocycles. The van der Waals surface area contributed by atoms with E-state index in [1.807, 2.05) is 0 Å². The first-order valence-corrected chi connectivity index (χ1v) is 6.62. The van der Waals surface area contributed by atoms with Gasteiger partial charge < -0.3 is 10.1 Å². The molecule has 1 aromatic heterocycles. The van der Waals surface area contributed by atoms with Gasteiger partial charge in [0.05, 0.1) is 17.8 Å². The molecule has 0 fully saturated rings. The summed E-state index contributed by atoms with van der Waals surface area (Å²) in [6.45, 7) is -0.217. The Morgan fingerprint density at radius 2 is 2.10 bits per heavy atom. The van der Waals surface area contributed by atoms with Crippen molar-refractivity contribution < 1.29 is 14.3 Å². The largest absolute Gasteiger partial charge is 0.468 e. The Kier molecular flexibility index (Phi) is 4.82. The van der Waals surface area contributed by atoms with Crippen molar-refractivity contribution in [3.05, 3.63) is 40.0 Å². The van der Waals surface area contributed by atoms with E-state index in [1.165, 1.54) is 13.2 Å². The first kappa shape index (κ1) is 15.3. The second-order valence-corrected chi connectivity index (χ2v) is 4.89. The highest BCUT2D eigenvalue weighted by Gasteiger charge is 2.14. The van der Waals surface area contributed by atoms with Gasteiger partial charge in [0, 0.05) is 10.6 Å². The van der Waals surface area contributed by atoms with Gasteiger partial charge in [-0.2, -0.15) is 5.10 Å². The average molecular weight is 328 g/mol. The zero-order valence-corrected chi connectivity index (χ0v) is 12.5. The molecule has 0 aliphatic carbocycles. The van der Waals surface area contributed by atoms with Gasteiger partial charge in [-0.1, -0.05) is 23.2 Å². The van der Waals surface area contributed by atoms with Crippen LogP contribution in [0.5, 0.6) is 0 Å². The van der Waals surface area contributed by atoms with Crippen LogP contribution in [0.2, 0.25) is 10.0 Å². The highest BCUT2D eigenvalue weighted by molar-refractivity contribution is 6.36. The maximum atomic E-state index is 11.8. The summed E-state index contributed by atoms with van der Waals surface area (Å²) in [6, 6.07) is 6.50. The summed E-state index contributed by atoms with van der Waals surface area (Å²) in [5, 5.41) is 9.93. The van der Waals surface area contributed by atoms with Gasteiger partial charge in [-0.15, -0.1) is 0 Å². The number of rotatable bonds is 4. The number of ether oxygens (including phenoxy) is 1. The predicted octanol–water partition coefficient (Wildman–Crippen LogP) is 2.29. The number of nitrogens with zero attached hydrogens (tertiary/aromatic N) is 1. The minimum absolute atomic E-state index is 0.208. The quantitative estimate of drug-likeness (QED) is 0.844. The van der Waals surface area contributed by atoms with Crippen molar-refractivity contribution in [1.82, 2.24) is 15.5 Å². The molecule has 2 rings (SSSR count). The molecule has 6 nitrogen and oxygen atoms in total. The van der Waals surface area contributed by atoms with Gasteiger partial charge in [-0.25, -0.2) is 0 Å². The van der Waals surface area contributed by atoms with Gasteiger partial charge in [-0.3, -0.25) is 14.7 Å². The maximum Gasteiger partial charge on any atom is 0.325 e. The lowest BCUT2D eigenvalue weighted by Crippen LogP contribution is -2.30. The van der Waals surface area contributed by atoms with Gasteiger partial charge in [0.25, 0.3) is 5.91 Å². The van der Waals surface area contributed by atoms with Gasteiger partial charge in [0.1, 0.15) is 12.2 Å². The van der Waals surface area contributed by atoms with Crippen LogP contribution in [0.25, 0.3) is 11.3 Å². The van der Waals surface area contributed by atoms with E-state index in [2.05, 4.69) is 20.3 Å². The van der Waals surface area contributed by atoms with Crippen LogP contribution >= 0.6 is 23.2 Å². The molecule has 0 saturated carbocycles. The van der Waals surface area contributed by atoms with Crippen LogP contribution in [0.4, 0.5) is 0 Å². The fourth-order valence-electron chi connectivity index (χ4n) is 1.59. The Morgan fingerprint density at radius 3 is 2.76 bits per heavy atom. The van der Waals surface area contributed by atoms with E-state index in [9.17, 15) is 9.59 Å². The Hall–Kier alpha value is -2.05. The summed E-state index contributed by atoms with van der Waals surface area (Å²) in [7, 11) is 1.24. The van der Waals surface area contributed by atoms with Crippen molar-refractivity contribution in [2.24, 2.45) is 0 Å². The van der Waals surface area contributed by atoms with Crippen LogP contribution in [-0.2, 0) is 9.53 Å². The van der Waals surface area contributed by atoms with Crippen molar-refractivity contribution in [3.8, 4) is 11.3 Å². The number of hydrogen-bond donors (Lipinski definition) is 2. The topological polar surface area (TPSA) is 84.1 Å². The molecule has 0 unspecified atom stereocenters. The van der Waals surface area contributed by atoms with Gasteiger partial charge in [-0.05, 0) is 24.3 Å². The molecule has 0 aliphatic rings. The number of aromatic nitrogens is 2. The first-order valence-electron chi connectivity index (χ1n) is 5.87. The second kappa shape index (κ2) is 6.60. The maximum absolute atomic E-state index is 11.8. The lowest BCUT2D eigenvalue weighted by Gasteiger charge is -2.01. The van der Waals surface area contributed by atoms with Crippen molar-refractivity contribution >= 4 is 35.1 Å². The third kappa shape index (κ3) is 3.74. The molecule has 2 aromatic rings. The van der Waals surface area contributed by atoms with E-state index >= 15 is 0 Å². The fourth-order valence-corrected chi connectivity index (χ4v) is 2.10. The normalized spacial score (nSPS) is 10.2. The summed E-state index contributed by atoms with van der Waals surface area (Å²) < 4.78 is 4.43. The molecule has 0 saturated heterocycles. The number of H-pyrrole nitrogens is 1. The SMILES string of the molecule is COC(=O)CNC(=O)c1cc(-c2ccc(Cl)cc2Cl)n[nH]1. The number of aromatic amines is 1. The number of esters is 1. The number of nitrogens with one attached hydrogen (secondary N) is 2. The van der Waals surface area contributed by atoms with Crippen LogP contribution in [0.3, 0.4) is 0 Å². The number of carbonyl (C=O) groups is 2. The number of hydrogen-bond acceptors (Lipinski definition) is 4. The lowest BCUT2D eigenvalue weighted by molar-refractivity contribution is -0.139. The van der Waals surface area contributed by atoms with E-state index in [0.29, 0.717) is 21.3 Å². The predicted molar refractivity (Wildman–Crippen MR) is 78.4 cm³/mol. The summed E-state index contributed by atoms with van der Waals surface area (Å²) >= 11 is 11.9. The Balaban J connectivity index is 2.14. The molecule has 0 atom stereocenters. The Labute approximate surface area is 130 Å². The van der Waals surface area contributed by atoms with E-state index in [-0.39, 0.29) is 12.2 Å². The van der Waals surface area contributed by atoms with E-state index in [1.54, 1.807) is 18.2 Å². The third-order valence-corrected chi connectivity index (χ3v) is 3.20. The van der Waals surface area contributed by atoms with Crippen LogP contribution in [-0.4, -0.2) is 35.7 Å². The highest BCUT2D eigenvalue weighted by Crippen LogP contribution is 2.29. The van der Waals surface area contributed by atoms with E-state index in [0.717, 1.165) is 0 Å². The summed E-state index contributed by atoms with van der Waals surface area (Å²) in [6.07, 6.45) is 0. The number of carbonyl (C=O) groups excluding carboxylic acids is 2. The molecule has 0 radical (unpaired) electrons. The number of methoxy groups -OCH3 is 1. The van der Waals surface area contributed by atoms with Crippen molar-refractivity contribution in [1.29, 1.82) is 0 Å². The first-order chi connectivity index (χ1) is 10.0. The van der Waals surface area contributed by atoms with E-state index < -0.39 is 11.9 Å². The van der Waals surface area contributed by atoms with Gasteiger partial charge in [0.2, 0.25) is 0 Å².